The van der Waals surface area contributed by atoms with Crippen LogP contribution >= 0.6 is 0 Å². The Morgan fingerprint density at radius 3 is 2.18 bits per heavy atom. The highest BCUT2D eigenvalue weighted by molar-refractivity contribution is 5.77. The molecule has 0 aromatic rings. The third kappa shape index (κ3) is 8.66. The molecule has 3 fully saturated rings. The Hall–Kier alpha value is -1.68. The highest BCUT2D eigenvalue weighted by Crippen LogP contribution is 2.59. The molecule has 9 nitrogen and oxygen atoms in total. The number of ether oxygens (including phenoxy) is 4. The number of unbranched alkanes of at least 4 members (excludes halogenated alkanes) is 7. The molecule has 4 unspecified atom stereocenters. The average Bonchev–Trinajstić information content (AvgIpc) is 3.81. The van der Waals surface area contributed by atoms with Crippen molar-refractivity contribution >= 4 is 12.0 Å². The number of hydrogen-bond acceptors (Lipinski definition) is 7. The van der Waals surface area contributed by atoms with Crippen LogP contribution in [0.2, 0.25) is 0 Å². The second-order valence-electron chi connectivity index (χ2n) is 11.6. The Balaban J connectivity index is 1.30. The summed E-state index contributed by atoms with van der Waals surface area (Å²) >= 11 is 0. The van der Waals surface area contributed by atoms with Crippen molar-refractivity contribution in [3.05, 3.63) is 11.6 Å². The Kier molecular flexibility index (Phi) is 11.9. The van der Waals surface area contributed by atoms with E-state index in [-0.39, 0.29) is 54.0 Å². The molecule has 6 atom stereocenters. The SMILES string of the molecule is COC1C(OC(=O)NCCCCCCCCCCNC(=O)CN)CC[C@]2(CO2)C1C1(C)O[C@@H]1CC=C(C)C. The number of alkyl carbamates (subject to hydrolysis) is 1. The highest BCUT2D eigenvalue weighted by atomic mass is 16.6. The van der Waals surface area contributed by atoms with Crippen molar-refractivity contribution in [2.24, 2.45) is 11.7 Å². The van der Waals surface area contributed by atoms with Gasteiger partial charge in [0.1, 0.15) is 23.4 Å². The third-order valence-corrected chi connectivity index (χ3v) is 8.38. The Bertz CT molecular complexity index is 797. The van der Waals surface area contributed by atoms with E-state index in [4.69, 9.17) is 24.7 Å². The summed E-state index contributed by atoms with van der Waals surface area (Å²) in [7, 11) is 1.70. The zero-order chi connectivity index (χ0) is 27.6. The fourth-order valence-corrected chi connectivity index (χ4v) is 6.05. The van der Waals surface area contributed by atoms with Crippen LogP contribution in [0.4, 0.5) is 4.79 Å². The molecule has 2 heterocycles. The van der Waals surface area contributed by atoms with Crippen molar-refractivity contribution < 1.29 is 28.5 Å². The Labute approximate surface area is 228 Å². The molecule has 4 N–H and O–H groups in total. The van der Waals surface area contributed by atoms with E-state index in [2.05, 4.69) is 37.5 Å². The molecular formula is C29H51N3O6. The summed E-state index contributed by atoms with van der Waals surface area (Å²) in [5.41, 5.74) is 6.00. The van der Waals surface area contributed by atoms with E-state index < -0.39 is 0 Å². The van der Waals surface area contributed by atoms with Gasteiger partial charge in [0.15, 0.2) is 0 Å². The van der Waals surface area contributed by atoms with Crippen molar-refractivity contribution in [1.82, 2.24) is 10.6 Å². The van der Waals surface area contributed by atoms with Crippen molar-refractivity contribution in [3.63, 3.8) is 0 Å². The van der Waals surface area contributed by atoms with Gasteiger partial charge in [-0.05, 0) is 52.9 Å². The number of carbonyl (C=O) groups is 2. The lowest BCUT2D eigenvalue weighted by molar-refractivity contribution is -0.119. The van der Waals surface area contributed by atoms with Gasteiger partial charge >= 0.3 is 6.09 Å². The molecule has 1 aliphatic carbocycles. The van der Waals surface area contributed by atoms with Gasteiger partial charge in [0.05, 0.1) is 25.2 Å². The van der Waals surface area contributed by atoms with E-state index in [9.17, 15) is 9.59 Å². The first-order valence-corrected chi connectivity index (χ1v) is 14.6. The maximum atomic E-state index is 12.6. The lowest BCUT2D eigenvalue weighted by atomic mass is 9.68. The fraction of sp³-hybridized carbons (Fsp3) is 0.862. The minimum Gasteiger partial charge on any atom is -0.443 e. The van der Waals surface area contributed by atoms with E-state index in [0.717, 1.165) is 58.0 Å². The number of hydrogen-bond donors (Lipinski definition) is 3. The highest BCUT2D eigenvalue weighted by Gasteiger charge is 2.72. The molecule has 9 heteroatoms. The molecule has 2 saturated heterocycles. The van der Waals surface area contributed by atoms with Crippen molar-refractivity contribution in [2.75, 3.05) is 33.4 Å². The molecule has 3 rings (SSSR count). The van der Waals surface area contributed by atoms with Crippen LogP contribution in [0.15, 0.2) is 11.6 Å². The van der Waals surface area contributed by atoms with Gasteiger partial charge < -0.3 is 35.3 Å². The van der Waals surface area contributed by atoms with E-state index in [1.54, 1.807) is 7.11 Å². The van der Waals surface area contributed by atoms with E-state index in [1.165, 1.54) is 24.8 Å². The van der Waals surface area contributed by atoms with Crippen LogP contribution in [0.1, 0.15) is 91.4 Å². The molecule has 1 spiro atoms. The predicted molar refractivity (Wildman–Crippen MR) is 147 cm³/mol. The Morgan fingerprint density at radius 2 is 1.63 bits per heavy atom. The summed E-state index contributed by atoms with van der Waals surface area (Å²) in [4.78, 5) is 23.7. The number of nitrogens with one attached hydrogen (secondary N) is 2. The summed E-state index contributed by atoms with van der Waals surface area (Å²) in [5.74, 6) is -0.0527. The molecule has 38 heavy (non-hydrogen) atoms. The van der Waals surface area contributed by atoms with Gasteiger partial charge in [0.25, 0.3) is 0 Å². The van der Waals surface area contributed by atoms with Crippen LogP contribution in [0.25, 0.3) is 0 Å². The van der Waals surface area contributed by atoms with Gasteiger partial charge in [-0.1, -0.05) is 50.2 Å². The second kappa shape index (κ2) is 14.6. The van der Waals surface area contributed by atoms with Gasteiger partial charge in [0, 0.05) is 20.2 Å². The van der Waals surface area contributed by atoms with Crippen molar-refractivity contribution in [1.29, 1.82) is 0 Å². The minimum absolute atomic E-state index is 0.0341. The van der Waals surface area contributed by atoms with E-state index in [0.29, 0.717) is 13.1 Å². The lowest BCUT2D eigenvalue weighted by Gasteiger charge is -2.42. The average molecular weight is 538 g/mol. The smallest absolute Gasteiger partial charge is 0.407 e. The first kappa shape index (κ1) is 30.9. The summed E-state index contributed by atoms with van der Waals surface area (Å²) < 4.78 is 24.1. The van der Waals surface area contributed by atoms with E-state index in [1.807, 2.05) is 0 Å². The Morgan fingerprint density at radius 1 is 1.03 bits per heavy atom. The lowest BCUT2D eigenvalue weighted by Crippen LogP contribution is -2.56. The third-order valence-electron chi connectivity index (χ3n) is 8.38. The normalized spacial score (nSPS) is 31.5. The van der Waals surface area contributed by atoms with Gasteiger partial charge in [-0.3, -0.25) is 4.79 Å². The molecule has 0 radical (unpaired) electrons. The van der Waals surface area contributed by atoms with Crippen LogP contribution < -0.4 is 16.4 Å². The molecule has 0 aromatic carbocycles. The zero-order valence-corrected chi connectivity index (χ0v) is 24.0. The molecule has 2 amide bonds. The standard InChI is InChI=1S/C29H51N3O6/c1-21(2)13-14-23-28(3,38-23)26-25(35-4)22(15-16-29(26)20-36-29)37-27(34)32-18-12-10-8-6-5-7-9-11-17-31-24(33)19-30/h13,22-23,25-26H,5-12,14-20,30H2,1-4H3,(H,31,33)(H,32,34)/t22?,23-,25?,26?,28?,29+/m1/s1. The topological polar surface area (TPSA) is 128 Å². The quantitative estimate of drug-likeness (QED) is 0.145. The number of rotatable bonds is 17. The van der Waals surface area contributed by atoms with Gasteiger partial charge in [-0.2, -0.15) is 0 Å². The molecule has 1 saturated carbocycles. The molecule has 218 valence electrons. The van der Waals surface area contributed by atoms with Crippen LogP contribution in [-0.4, -0.2) is 74.9 Å². The van der Waals surface area contributed by atoms with Crippen LogP contribution in [0, 0.1) is 5.92 Å². The zero-order valence-electron chi connectivity index (χ0n) is 24.0. The van der Waals surface area contributed by atoms with Crippen molar-refractivity contribution in [3.8, 4) is 0 Å². The van der Waals surface area contributed by atoms with Crippen LogP contribution in [-0.2, 0) is 23.7 Å². The predicted octanol–water partition coefficient (Wildman–Crippen LogP) is 3.98. The largest absolute Gasteiger partial charge is 0.443 e. The number of nitrogens with two attached hydrogens (primary N) is 1. The number of epoxide rings is 2. The minimum atomic E-state index is -0.367. The monoisotopic (exact) mass is 537 g/mol. The van der Waals surface area contributed by atoms with Crippen LogP contribution in [0.5, 0.6) is 0 Å². The summed E-state index contributed by atoms with van der Waals surface area (Å²) in [6.45, 7) is 8.47. The molecule has 0 aromatic heterocycles. The second-order valence-corrected chi connectivity index (χ2v) is 11.6. The van der Waals surface area contributed by atoms with E-state index >= 15 is 0 Å². The summed E-state index contributed by atoms with van der Waals surface area (Å²) in [5, 5.41) is 5.73. The number of methoxy groups -OCH3 is 1. The van der Waals surface area contributed by atoms with Gasteiger partial charge in [-0.15, -0.1) is 0 Å². The first-order chi connectivity index (χ1) is 18.3. The number of allylic oxidation sites excluding steroid dienone is 1. The van der Waals surface area contributed by atoms with Crippen LogP contribution in [0.3, 0.4) is 0 Å². The summed E-state index contributed by atoms with van der Waals surface area (Å²) in [6, 6.07) is 0. The number of carbonyl (C=O) groups excluding carboxylic acids is 2. The van der Waals surface area contributed by atoms with Gasteiger partial charge in [-0.25, -0.2) is 4.79 Å². The first-order valence-electron chi connectivity index (χ1n) is 14.6. The fourth-order valence-electron chi connectivity index (χ4n) is 6.05. The maximum absolute atomic E-state index is 12.6. The van der Waals surface area contributed by atoms with Crippen molar-refractivity contribution in [2.45, 2.75) is 121 Å². The molecule has 0 bridgehead atoms. The maximum Gasteiger partial charge on any atom is 0.407 e. The number of amides is 2. The molecular weight excluding hydrogens is 486 g/mol. The molecule has 2 aliphatic heterocycles. The molecule has 3 aliphatic rings. The van der Waals surface area contributed by atoms with Gasteiger partial charge in [0.2, 0.25) is 5.91 Å². The summed E-state index contributed by atoms with van der Waals surface area (Å²) in [6.07, 6.45) is 12.8.